The molecule has 2 N–H and O–H groups in total. The molecule has 1 aliphatic carbocycles. The van der Waals surface area contributed by atoms with Gasteiger partial charge in [0.1, 0.15) is 23.2 Å². The number of para-hydroxylation sites is 1. The molecular weight excluding hydrogens is 316 g/mol. The molecule has 1 heterocycles. The molecule has 0 spiro atoms. The van der Waals surface area contributed by atoms with Crippen LogP contribution in [0.5, 0.6) is 5.75 Å². The molecule has 0 fully saturated rings. The molecule has 130 valence electrons. The fraction of sp³-hybridized carbons (Fsp3) is 0.400. The normalized spacial score (nSPS) is 20.0. The number of carbonyl (C=O) groups is 1. The summed E-state index contributed by atoms with van der Waals surface area (Å²) in [5.41, 5.74) is 7.62. The molecule has 0 saturated heterocycles. The highest BCUT2D eigenvalue weighted by atomic mass is 16.5. The Balaban J connectivity index is 2.09. The van der Waals surface area contributed by atoms with E-state index in [0.717, 1.165) is 24.8 Å². The van der Waals surface area contributed by atoms with Crippen molar-refractivity contribution in [2.24, 2.45) is 5.73 Å². The van der Waals surface area contributed by atoms with Gasteiger partial charge in [-0.05, 0) is 18.9 Å². The number of nitrogens with two attached hydrogens (primary N) is 1. The Morgan fingerprint density at radius 1 is 1.36 bits per heavy atom. The summed E-state index contributed by atoms with van der Waals surface area (Å²) in [7, 11) is 0. The molecule has 2 aliphatic rings. The molecule has 5 heteroatoms. The molecule has 0 unspecified atom stereocenters. The van der Waals surface area contributed by atoms with Gasteiger partial charge >= 0.3 is 0 Å². The lowest BCUT2D eigenvalue weighted by molar-refractivity contribution is -0.116. The summed E-state index contributed by atoms with van der Waals surface area (Å²) >= 11 is 0. The van der Waals surface area contributed by atoms with Crippen molar-refractivity contribution in [3.8, 4) is 11.8 Å². The number of nitriles is 1. The van der Waals surface area contributed by atoms with Crippen LogP contribution in [-0.2, 0) is 9.53 Å². The van der Waals surface area contributed by atoms with Crippen LogP contribution >= 0.6 is 0 Å². The van der Waals surface area contributed by atoms with Crippen LogP contribution in [0.15, 0.2) is 47.1 Å². The predicted octanol–water partition coefficient (Wildman–Crippen LogP) is 3.68. The minimum absolute atomic E-state index is 0.0230. The van der Waals surface area contributed by atoms with Crippen LogP contribution < -0.4 is 10.5 Å². The maximum Gasteiger partial charge on any atom is 0.205 e. The average Bonchev–Trinajstić information content (AvgIpc) is 2.61. The largest absolute Gasteiger partial charge is 0.493 e. The van der Waals surface area contributed by atoms with Crippen molar-refractivity contribution >= 4 is 5.78 Å². The Morgan fingerprint density at radius 2 is 2.16 bits per heavy atom. The molecule has 1 aromatic rings. The van der Waals surface area contributed by atoms with Crippen LogP contribution in [0.2, 0.25) is 0 Å². The summed E-state index contributed by atoms with van der Waals surface area (Å²) in [5, 5.41) is 9.63. The van der Waals surface area contributed by atoms with Crippen LogP contribution in [-0.4, -0.2) is 12.4 Å². The van der Waals surface area contributed by atoms with Gasteiger partial charge in [0.2, 0.25) is 5.88 Å². The van der Waals surface area contributed by atoms with E-state index in [1.165, 1.54) is 0 Å². The molecule has 1 aromatic carbocycles. The maximum atomic E-state index is 12.6. The Labute approximate surface area is 147 Å². The zero-order valence-electron chi connectivity index (χ0n) is 14.4. The monoisotopic (exact) mass is 338 g/mol. The van der Waals surface area contributed by atoms with Crippen molar-refractivity contribution in [1.82, 2.24) is 0 Å². The second-order valence-corrected chi connectivity index (χ2v) is 6.28. The van der Waals surface area contributed by atoms with Gasteiger partial charge in [0.05, 0.1) is 12.5 Å². The molecule has 0 saturated carbocycles. The molecule has 5 nitrogen and oxygen atoms in total. The molecule has 0 aromatic heterocycles. The number of unbranched alkanes of at least 4 members (excludes halogenated alkanes) is 1. The number of ketones is 1. The van der Waals surface area contributed by atoms with Gasteiger partial charge in [-0.25, -0.2) is 0 Å². The average molecular weight is 338 g/mol. The number of carbonyl (C=O) groups excluding carboxylic acids is 1. The van der Waals surface area contributed by atoms with Crippen molar-refractivity contribution < 1.29 is 14.3 Å². The third-order valence-electron chi connectivity index (χ3n) is 4.59. The number of hydrogen-bond acceptors (Lipinski definition) is 5. The van der Waals surface area contributed by atoms with E-state index in [-0.39, 0.29) is 17.2 Å². The third-order valence-corrected chi connectivity index (χ3v) is 4.59. The zero-order valence-corrected chi connectivity index (χ0v) is 14.4. The van der Waals surface area contributed by atoms with Crippen molar-refractivity contribution in [1.29, 1.82) is 5.26 Å². The van der Waals surface area contributed by atoms with Crippen LogP contribution in [0.4, 0.5) is 0 Å². The van der Waals surface area contributed by atoms with E-state index in [1.54, 1.807) is 0 Å². The summed E-state index contributed by atoms with van der Waals surface area (Å²) in [6.07, 6.45) is 3.85. The van der Waals surface area contributed by atoms with Gasteiger partial charge in [0.25, 0.3) is 0 Å². The third kappa shape index (κ3) is 3.25. The second-order valence-electron chi connectivity index (χ2n) is 6.28. The van der Waals surface area contributed by atoms with E-state index in [0.29, 0.717) is 36.5 Å². The molecule has 0 amide bonds. The molecule has 1 aliphatic heterocycles. The lowest BCUT2D eigenvalue weighted by Crippen LogP contribution is -2.27. The van der Waals surface area contributed by atoms with Gasteiger partial charge in [-0.3, -0.25) is 4.79 Å². The molecule has 0 radical (unpaired) electrons. The minimum Gasteiger partial charge on any atom is -0.493 e. The number of ether oxygens (including phenoxy) is 2. The van der Waals surface area contributed by atoms with Gasteiger partial charge in [-0.15, -0.1) is 0 Å². The lowest BCUT2D eigenvalue weighted by Gasteiger charge is -2.31. The predicted molar refractivity (Wildman–Crippen MR) is 93.4 cm³/mol. The van der Waals surface area contributed by atoms with Crippen molar-refractivity contribution in [3.05, 3.63) is 52.6 Å². The molecule has 0 bridgehead atoms. The SMILES string of the molecule is CCCCOc1ccccc1[C@H]1C(C#N)=C(N)OC2=C1C(=O)CCC2. The van der Waals surface area contributed by atoms with Crippen molar-refractivity contribution in [2.75, 3.05) is 6.61 Å². The van der Waals surface area contributed by atoms with Crippen LogP contribution in [0, 0.1) is 11.3 Å². The topological polar surface area (TPSA) is 85.3 Å². The van der Waals surface area contributed by atoms with Gasteiger partial charge in [-0.2, -0.15) is 5.26 Å². The van der Waals surface area contributed by atoms with E-state index < -0.39 is 5.92 Å². The van der Waals surface area contributed by atoms with Crippen LogP contribution in [0.1, 0.15) is 50.5 Å². The first kappa shape index (κ1) is 17.1. The Morgan fingerprint density at radius 3 is 2.92 bits per heavy atom. The smallest absolute Gasteiger partial charge is 0.205 e. The highest BCUT2D eigenvalue weighted by molar-refractivity contribution is 5.99. The molecule has 25 heavy (non-hydrogen) atoms. The van der Waals surface area contributed by atoms with E-state index in [4.69, 9.17) is 15.2 Å². The summed E-state index contributed by atoms with van der Waals surface area (Å²) < 4.78 is 11.5. The number of nitrogens with zero attached hydrogens (tertiary/aromatic N) is 1. The first-order chi connectivity index (χ1) is 12.2. The number of benzene rings is 1. The maximum absolute atomic E-state index is 12.6. The number of hydrogen-bond donors (Lipinski definition) is 1. The zero-order chi connectivity index (χ0) is 17.8. The molecular formula is C20H22N2O3. The van der Waals surface area contributed by atoms with Crippen LogP contribution in [0.25, 0.3) is 0 Å². The standard InChI is InChI=1S/C20H22N2O3/c1-2-3-11-24-16-9-5-4-7-13(16)18-14(12-21)20(22)25-17-10-6-8-15(23)19(17)18/h4-5,7,9,18H,2-3,6,8,10-11,22H2,1H3/t18-/m0/s1. The van der Waals surface area contributed by atoms with E-state index >= 15 is 0 Å². The van der Waals surface area contributed by atoms with Crippen molar-refractivity contribution in [3.63, 3.8) is 0 Å². The van der Waals surface area contributed by atoms with Gasteiger partial charge in [0, 0.05) is 24.0 Å². The Kier molecular flexibility index (Phi) is 5.08. The summed E-state index contributed by atoms with van der Waals surface area (Å²) in [5.74, 6) is 0.883. The Bertz CT molecular complexity index is 786. The van der Waals surface area contributed by atoms with E-state index in [9.17, 15) is 10.1 Å². The summed E-state index contributed by atoms with van der Waals surface area (Å²) in [6, 6.07) is 9.68. The number of allylic oxidation sites excluding steroid dienone is 3. The molecule has 3 rings (SSSR count). The number of Topliss-reactive ketones (excluding diaryl/α,β-unsaturated/α-hetero) is 1. The van der Waals surface area contributed by atoms with Crippen molar-refractivity contribution in [2.45, 2.75) is 44.9 Å². The fourth-order valence-electron chi connectivity index (χ4n) is 3.34. The highest BCUT2D eigenvalue weighted by Gasteiger charge is 2.39. The summed E-state index contributed by atoms with van der Waals surface area (Å²) in [6.45, 7) is 2.69. The summed E-state index contributed by atoms with van der Waals surface area (Å²) in [4.78, 5) is 12.6. The first-order valence-electron chi connectivity index (χ1n) is 8.73. The first-order valence-corrected chi connectivity index (χ1v) is 8.73. The Hall–Kier alpha value is -2.74. The second kappa shape index (κ2) is 7.43. The number of rotatable bonds is 5. The van der Waals surface area contributed by atoms with Crippen LogP contribution in [0.3, 0.4) is 0 Å². The lowest BCUT2D eigenvalue weighted by atomic mass is 9.77. The van der Waals surface area contributed by atoms with E-state index in [2.05, 4.69) is 13.0 Å². The van der Waals surface area contributed by atoms with Gasteiger partial charge in [-0.1, -0.05) is 31.5 Å². The highest BCUT2D eigenvalue weighted by Crippen LogP contribution is 2.45. The van der Waals surface area contributed by atoms with Gasteiger partial charge in [0.15, 0.2) is 5.78 Å². The molecule has 1 atom stereocenters. The fourth-order valence-corrected chi connectivity index (χ4v) is 3.34. The quantitative estimate of drug-likeness (QED) is 0.828. The van der Waals surface area contributed by atoms with Gasteiger partial charge < -0.3 is 15.2 Å². The van der Waals surface area contributed by atoms with E-state index in [1.807, 2.05) is 24.3 Å². The minimum atomic E-state index is -0.514.